The Morgan fingerprint density at radius 3 is 2.57 bits per heavy atom. The van der Waals surface area contributed by atoms with Crippen molar-refractivity contribution in [3.05, 3.63) is 29.8 Å². The molecule has 3 rings (SSSR count). The number of rotatable bonds is 7. The van der Waals surface area contributed by atoms with Crippen molar-refractivity contribution in [1.82, 2.24) is 10.6 Å². The van der Waals surface area contributed by atoms with Gasteiger partial charge in [-0.25, -0.2) is 0 Å². The van der Waals surface area contributed by atoms with E-state index in [0.717, 1.165) is 44.5 Å². The highest BCUT2D eigenvalue weighted by molar-refractivity contribution is 5.85. The Bertz CT molecular complexity index is 423. The van der Waals surface area contributed by atoms with Crippen molar-refractivity contribution in [1.29, 1.82) is 0 Å². The first kappa shape index (κ1) is 16.6. The van der Waals surface area contributed by atoms with Gasteiger partial charge in [-0.1, -0.05) is 12.1 Å². The molecular formula is C16H25ClN2O2. The highest BCUT2D eigenvalue weighted by Crippen LogP contribution is 2.29. The Morgan fingerprint density at radius 1 is 1.19 bits per heavy atom. The lowest BCUT2D eigenvalue weighted by Gasteiger charge is -2.14. The number of nitrogens with one attached hydrogen (secondary N) is 2. The van der Waals surface area contributed by atoms with Gasteiger partial charge in [0, 0.05) is 32.1 Å². The van der Waals surface area contributed by atoms with Crippen LogP contribution in [0.25, 0.3) is 0 Å². The summed E-state index contributed by atoms with van der Waals surface area (Å²) in [5.41, 5.74) is 1.25. The van der Waals surface area contributed by atoms with E-state index in [9.17, 15) is 5.11 Å². The zero-order chi connectivity index (χ0) is 13.8. The van der Waals surface area contributed by atoms with Gasteiger partial charge in [0.15, 0.2) is 0 Å². The predicted octanol–water partition coefficient (Wildman–Crippen LogP) is 1.57. The summed E-state index contributed by atoms with van der Waals surface area (Å²) in [6, 6.07) is 8.31. The zero-order valence-electron chi connectivity index (χ0n) is 12.3. The van der Waals surface area contributed by atoms with Crippen LogP contribution in [0.4, 0.5) is 0 Å². The lowest BCUT2D eigenvalue weighted by molar-refractivity contribution is 0.146. The Kier molecular flexibility index (Phi) is 6.30. The van der Waals surface area contributed by atoms with E-state index in [0.29, 0.717) is 5.92 Å². The molecule has 2 unspecified atom stereocenters. The summed E-state index contributed by atoms with van der Waals surface area (Å²) in [6.45, 7) is 4.19. The number of benzene rings is 1. The second-order valence-electron chi connectivity index (χ2n) is 6.01. The number of ether oxygens (including phenoxy) is 1. The van der Waals surface area contributed by atoms with Gasteiger partial charge in [-0.15, -0.1) is 12.4 Å². The molecule has 1 aromatic rings. The van der Waals surface area contributed by atoms with Gasteiger partial charge in [-0.05, 0) is 36.5 Å². The third kappa shape index (κ3) is 5.15. The van der Waals surface area contributed by atoms with E-state index in [-0.39, 0.29) is 18.5 Å². The summed E-state index contributed by atoms with van der Waals surface area (Å²) in [4.78, 5) is 0. The molecule has 1 saturated heterocycles. The first-order valence-electron chi connectivity index (χ1n) is 7.62. The van der Waals surface area contributed by atoms with Crippen LogP contribution in [0.5, 0.6) is 5.75 Å². The van der Waals surface area contributed by atoms with Crippen LogP contribution in [-0.4, -0.2) is 37.5 Å². The number of β-amino-alcohol motifs (C(OH)–C–C–N with tert-alkyl or cyclic N) is 1. The highest BCUT2D eigenvalue weighted by Gasteiger charge is 2.24. The van der Waals surface area contributed by atoms with Crippen LogP contribution in [0.15, 0.2) is 24.3 Å². The Morgan fingerprint density at radius 2 is 1.95 bits per heavy atom. The molecule has 0 amide bonds. The van der Waals surface area contributed by atoms with E-state index in [1.165, 1.54) is 18.4 Å². The Hall–Kier alpha value is -0.810. The third-order valence-corrected chi connectivity index (χ3v) is 4.15. The lowest BCUT2D eigenvalue weighted by Crippen LogP contribution is -2.30. The maximum absolute atomic E-state index is 9.71. The van der Waals surface area contributed by atoms with Crippen molar-refractivity contribution in [2.75, 3.05) is 26.2 Å². The summed E-state index contributed by atoms with van der Waals surface area (Å²) in [5.74, 6) is 2.09. The van der Waals surface area contributed by atoms with Gasteiger partial charge in [0.25, 0.3) is 0 Å². The first-order chi connectivity index (χ1) is 9.81. The van der Waals surface area contributed by atoms with E-state index in [4.69, 9.17) is 4.74 Å². The molecule has 118 valence electrons. The lowest BCUT2D eigenvalue weighted by atomic mass is 10.1. The molecule has 1 aliphatic heterocycles. The van der Waals surface area contributed by atoms with Crippen molar-refractivity contribution >= 4 is 12.4 Å². The average molecular weight is 313 g/mol. The predicted molar refractivity (Wildman–Crippen MR) is 86.0 cm³/mol. The largest absolute Gasteiger partial charge is 0.493 e. The standard InChI is InChI=1S/C16H24N2O2.ClH/c19-16-10-18-9-14(16)8-17-7-12-3-5-15(6-4-12)20-11-13-1-2-13;/h3-6,13-14,16-19H,1-2,7-11H2;1H. The molecule has 5 heteroatoms. The minimum absolute atomic E-state index is 0. The monoisotopic (exact) mass is 312 g/mol. The molecule has 0 radical (unpaired) electrons. The van der Waals surface area contributed by atoms with Crippen LogP contribution in [0.3, 0.4) is 0 Å². The average Bonchev–Trinajstić information content (AvgIpc) is 3.21. The maximum Gasteiger partial charge on any atom is 0.119 e. The SMILES string of the molecule is Cl.OC1CNCC1CNCc1ccc(OCC2CC2)cc1. The van der Waals surface area contributed by atoms with Gasteiger partial charge >= 0.3 is 0 Å². The molecule has 4 nitrogen and oxygen atoms in total. The Balaban J connectivity index is 0.00000161. The molecular weight excluding hydrogens is 288 g/mol. The van der Waals surface area contributed by atoms with Gasteiger partial charge in [0.2, 0.25) is 0 Å². The molecule has 2 atom stereocenters. The maximum atomic E-state index is 9.71. The zero-order valence-corrected chi connectivity index (χ0v) is 13.1. The van der Waals surface area contributed by atoms with Crippen LogP contribution < -0.4 is 15.4 Å². The van der Waals surface area contributed by atoms with Crippen LogP contribution in [0.1, 0.15) is 18.4 Å². The van der Waals surface area contributed by atoms with Gasteiger partial charge in [0.05, 0.1) is 12.7 Å². The van der Waals surface area contributed by atoms with E-state index >= 15 is 0 Å². The van der Waals surface area contributed by atoms with E-state index in [2.05, 4.69) is 22.8 Å². The normalized spacial score (nSPS) is 24.6. The fraction of sp³-hybridized carbons (Fsp3) is 0.625. The second-order valence-corrected chi connectivity index (χ2v) is 6.01. The highest BCUT2D eigenvalue weighted by atomic mass is 35.5. The number of hydrogen-bond donors (Lipinski definition) is 3. The molecule has 0 aromatic heterocycles. The van der Waals surface area contributed by atoms with Crippen molar-refractivity contribution in [3.8, 4) is 5.75 Å². The van der Waals surface area contributed by atoms with Gasteiger partial charge < -0.3 is 20.5 Å². The smallest absolute Gasteiger partial charge is 0.119 e. The number of hydrogen-bond acceptors (Lipinski definition) is 4. The van der Waals surface area contributed by atoms with Gasteiger partial charge in [-0.2, -0.15) is 0 Å². The minimum Gasteiger partial charge on any atom is -0.493 e. The quantitative estimate of drug-likeness (QED) is 0.715. The summed E-state index contributed by atoms with van der Waals surface area (Å²) >= 11 is 0. The molecule has 1 saturated carbocycles. The number of aliphatic hydroxyl groups excluding tert-OH is 1. The molecule has 2 aliphatic rings. The molecule has 1 aromatic carbocycles. The van der Waals surface area contributed by atoms with E-state index in [1.54, 1.807) is 0 Å². The van der Waals surface area contributed by atoms with Crippen molar-refractivity contribution in [3.63, 3.8) is 0 Å². The third-order valence-electron chi connectivity index (χ3n) is 4.15. The summed E-state index contributed by atoms with van der Waals surface area (Å²) in [5, 5.41) is 16.3. The second kappa shape index (κ2) is 7.99. The van der Waals surface area contributed by atoms with E-state index in [1.807, 2.05) is 12.1 Å². The molecule has 0 spiro atoms. The van der Waals surface area contributed by atoms with Gasteiger partial charge in [-0.3, -0.25) is 0 Å². The van der Waals surface area contributed by atoms with Crippen LogP contribution in [0.2, 0.25) is 0 Å². The molecule has 1 heterocycles. The molecule has 0 bridgehead atoms. The Labute approximate surface area is 132 Å². The number of aliphatic hydroxyl groups is 1. The van der Waals surface area contributed by atoms with Gasteiger partial charge in [0.1, 0.15) is 5.75 Å². The molecule has 21 heavy (non-hydrogen) atoms. The molecule has 2 fully saturated rings. The fourth-order valence-corrected chi connectivity index (χ4v) is 2.53. The van der Waals surface area contributed by atoms with Crippen LogP contribution >= 0.6 is 12.4 Å². The summed E-state index contributed by atoms with van der Waals surface area (Å²) < 4.78 is 5.72. The summed E-state index contributed by atoms with van der Waals surface area (Å²) in [6.07, 6.45) is 2.44. The first-order valence-corrected chi connectivity index (χ1v) is 7.62. The van der Waals surface area contributed by atoms with Crippen molar-refractivity contribution < 1.29 is 9.84 Å². The molecule has 3 N–H and O–H groups in total. The topological polar surface area (TPSA) is 53.5 Å². The summed E-state index contributed by atoms with van der Waals surface area (Å²) in [7, 11) is 0. The molecule has 1 aliphatic carbocycles. The van der Waals surface area contributed by atoms with Crippen LogP contribution in [0, 0.1) is 11.8 Å². The van der Waals surface area contributed by atoms with Crippen LogP contribution in [-0.2, 0) is 6.54 Å². The minimum atomic E-state index is -0.208. The number of halogens is 1. The van der Waals surface area contributed by atoms with Crippen molar-refractivity contribution in [2.45, 2.75) is 25.5 Å². The fourth-order valence-electron chi connectivity index (χ4n) is 2.53. The van der Waals surface area contributed by atoms with Crippen molar-refractivity contribution in [2.24, 2.45) is 11.8 Å². The van der Waals surface area contributed by atoms with E-state index < -0.39 is 0 Å².